The van der Waals surface area contributed by atoms with E-state index in [1.54, 1.807) is 23.0 Å². The highest BCUT2D eigenvalue weighted by molar-refractivity contribution is 6.07. The van der Waals surface area contributed by atoms with Crippen LogP contribution in [0.2, 0.25) is 0 Å². The molecule has 0 bridgehead atoms. The summed E-state index contributed by atoms with van der Waals surface area (Å²) in [7, 11) is 0. The quantitative estimate of drug-likeness (QED) is 0.313. The summed E-state index contributed by atoms with van der Waals surface area (Å²) >= 11 is 0. The van der Waals surface area contributed by atoms with Gasteiger partial charge >= 0.3 is 0 Å². The molecule has 0 N–H and O–H groups in total. The van der Waals surface area contributed by atoms with Crippen molar-refractivity contribution in [2.45, 2.75) is 25.7 Å². The van der Waals surface area contributed by atoms with Gasteiger partial charge in [0.05, 0.1) is 21.6 Å². The Labute approximate surface area is 207 Å². The topological polar surface area (TPSA) is 110 Å². The Balaban J connectivity index is 1.31. The number of carbonyl (C=O) groups excluding carboxylic acids is 1. The van der Waals surface area contributed by atoms with Crippen LogP contribution < -0.4 is 4.90 Å². The molecule has 182 valence electrons. The number of nitrogens with zero attached hydrogens (tertiary/aromatic N) is 7. The standard InChI is InChI=1S/C26H25N7O3/c1-17-24-21(16-22(18-8-9-18)28-25(24)32(29-17)23-7-2-3-10-27-23)26(34)31-13-11-30(12-14-31)19-5-4-6-20(15-19)33(35)36/h2-7,10,15-16,18H,8-9,11-14H2,1H3. The van der Waals surface area contributed by atoms with Gasteiger partial charge in [-0.3, -0.25) is 14.9 Å². The predicted octanol–water partition coefficient (Wildman–Crippen LogP) is 3.87. The van der Waals surface area contributed by atoms with Gasteiger partial charge in [0.15, 0.2) is 11.5 Å². The summed E-state index contributed by atoms with van der Waals surface area (Å²) in [5.74, 6) is 1.01. The number of fused-ring (bicyclic) bond motifs is 1. The van der Waals surface area contributed by atoms with E-state index in [2.05, 4.69) is 9.88 Å². The van der Waals surface area contributed by atoms with Crippen molar-refractivity contribution < 1.29 is 9.72 Å². The van der Waals surface area contributed by atoms with Crippen molar-refractivity contribution >= 4 is 28.3 Å². The van der Waals surface area contributed by atoms with Gasteiger partial charge in [-0.2, -0.15) is 9.78 Å². The van der Waals surface area contributed by atoms with E-state index in [-0.39, 0.29) is 16.5 Å². The van der Waals surface area contributed by atoms with E-state index in [9.17, 15) is 14.9 Å². The maximum atomic E-state index is 13.8. The molecule has 0 spiro atoms. The average Bonchev–Trinajstić information content (AvgIpc) is 3.72. The Hall–Kier alpha value is -4.34. The normalized spacial score (nSPS) is 15.9. The van der Waals surface area contributed by atoms with E-state index < -0.39 is 0 Å². The Morgan fingerprint density at radius 3 is 2.56 bits per heavy atom. The second-order valence-electron chi connectivity index (χ2n) is 9.31. The van der Waals surface area contributed by atoms with Gasteiger partial charge in [-0.25, -0.2) is 9.97 Å². The SMILES string of the molecule is Cc1nn(-c2ccccn2)c2nc(C3CC3)cc(C(=O)N3CCN(c4cccc([N+](=O)[O-])c4)CC3)c12. The van der Waals surface area contributed by atoms with E-state index in [4.69, 9.17) is 10.1 Å². The first-order chi connectivity index (χ1) is 17.5. The lowest BCUT2D eigenvalue weighted by Gasteiger charge is -2.36. The summed E-state index contributed by atoms with van der Waals surface area (Å²) in [6.45, 7) is 4.15. The molecule has 3 aromatic heterocycles. The number of anilines is 1. The number of carbonyl (C=O) groups is 1. The van der Waals surface area contributed by atoms with Crippen molar-refractivity contribution in [3.8, 4) is 5.82 Å². The summed E-state index contributed by atoms with van der Waals surface area (Å²) < 4.78 is 1.73. The highest BCUT2D eigenvalue weighted by atomic mass is 16.6. The van der Waals surface area contributed by atoms with E-state index in [0.717, 1.165) is 35.3 Å². The van der Waals surface area contributed by atoms with Crippen molar-refractivity contribution in [2.24, 2.45) is 0 Å². The van der Waals surface area contributed by atoms with Crippen LogP contribution in [-0.4, -0.2) is 61.7 Å². The predicted molar refractivity (Wildman–Crippen MR) is 135 cm³/mol. The number of amides is 1. The second-order valence-corrected chi connectivity index (χ2v) is 9.31. The number of nitro benzene ring substituents is 1. The van der Waals surface area contributed by atoms with Gasteiger partial charge in [0, 0.05) is 61.8 Å². The minimum absolute atomic E-state index is 0.0355. The average molecular weight is 484 g/mol. The molecule has 4 heterocycles. The third-order valence-electron chi connectivity index (χ3n) is 6.90. The largest absolute Gasteiger partial charge is 0.368 e. The number of hydrogen-bond acceptors (Lipinski definition) is 7. The van der Waals surface area contributed by atoms with Gasteiger partial charge in [-0.05, 0) is 44.0 Å². The van der Waals surface area contributed by atoms with E-state index >= 15 is 0 Å². The number of aromatic nitrogens is 4. The Kier molecular flexibility index (Phi) is 5.36. The molecule has 1 amide bonds. The molecular formula is C26H25N7O3. The fourth-order valence-corrected chi connectivity index (χ4v) is 4.85. The smallest absolute Gasteiger partial charge is 0.271 e. The number of pyridine rings is 2. The van der Waals surface area contributed by atoms with Gasteiger partial charge < -0.3 is 9.80 Å². The second kappa shape index (κ2) is 8.71. The van der Waals surface area contributed by atoms with E-state index in [0.29, 0.717) is 49.1 Å². The molecule has 2 fully saturated rings. The van der Waals surface area contributed by atoms with Crippen LogP contribution in [0.3, 0.4) is 0 Å². The fourth-order valence-electron chi connectivity index (χ4n) is 4.85. The summed E-state index contributed by atoms with van der Waals surface area (Å²) in [6.07, 6.45) is 3.87. The highest BCUT2D eigenvalue weighted by Gasteiger charge is 2.31. The third kappa shape index (κ3) is 3.94. The van der Waals surface area contributed by atoms with Gasteiger partial charge in [0.1, 0.15) is 0 Å². The van der Waals surface area contributed by atoms with Crippen molar-refractivity contribution in [1.29, 1.82) is 0 Å². The summed E-state index contributed by atoms with van der Waals surface area (Å²) in [5.41, 5.74) is 3.83. The number of benzene rings is 1. The number of rotatable bonds is 5. The van der Waals surface area contributed by atoms with Gasteiger partial charge in [0.2, 0.25) is 0 Å². The Morgan fingerprint density at radius 1 is 1.06 bits per heavy atom. The third-order valence-corrected chi connectivity index (χ3v) is 6.90. The molecule has 6 rings (SSSR count). The van der Waals surface area contributed by atoms with Crippen LogP contribution in [-0.2, 0) is 0 Å². The molecule has 1 saturated heterocycles. The highest BCUT2D eigenvalue weighted by Crippen LogP contribution is 2.41. The fraction of sp³-hybridized carbons (Fsp3) is 0.308. The summed E-state index contributed by atoms with van der Waals surface area (Å²) in [4.78, 5) is 37.9. The molecule has 0 atom stereocenters. The minimum Gasteiger partial charge on any atom is -0.368 e. The lowest BCUT2D eigenvalue weighted by molar-refractivity contribution is -0.384. The lowest BCUT2D eigenvalue weighted by atomic mass is 10.1. The minimum atomic E-state index is -0.386. The van der Waals surface area contributed by atoms with Gasteiger partial charge in [-0.1, -0.05) is 12.1 Å². The molecule has 1 aliphatic carbocycles. The van der Waals surface area contributed by atoms with Crippen LogP contribution in [0, 0.1) is 17.0 Å². The maximum Gasteiger partial charge on any atom is 0.271 e. The molecule has 1 saturated carbocycles. The van der Waals surface area contributed by atoms with Crippen LogP contribution >= 0.6 is 0 Å². The molecular weight excluding hydrogens is 458 g/mol. The molecule has 0 unspecified atom stereocenters. The van der Waals surface area contributed by atoms with Crippen molar-refractivity contribution in [1.82, 2.24) is 24.6 Å². The number of nitro groups is 1. The van der Waals surface area contributed by atoms with Crippen LogP contribution in [0.5, 0.6) is 0 Å². The number of aryl methyl sites for hydroxylation is 1. The maximum absolute atomic E-state index is 13.8. The molecule has 4 aromatic rings. The first-order valence-corrected chi connectivity index (χ1v) is 12.1. The van der Waals surface area contributed by atoms with Crippen LogP contribution in [0.25, 0.3) is 16.9 Å². The molecule has 36 heavy (non-hydrogen) atoms. The van der Waals surface area contributed by atoms with Crippen LogP contribution in [0.1, 0.15) is 40.5 Å². The molecule has 1 aliphatic heterocycles. The summed E-state index contributed by atoms with van der Waals surface area (Å²) in [5, 5.41) is 16.6. The van der Waals surface area contributed by atoms with Gasteiger partial charge in [-0.15, -0.1) is 0 Å². The van der Waals surface area contributed by atoms with Crippen molar-refractivity contribution in [3.63, 3.8) is 0 Å². The zero-order chi connectivity index (χ0) is 24.8. The monoisotopic (exact) mass is 483 g/mol. The zero-order valence-corrected chi connectivity index (χ0v) is 19.9. The van der Waals surface area contributed by atoms with Crippen LogP contribution in [0.4, 0.5) is 11.4 Å². The zero-order valence-electron chi connectivity index (χ0n) is 19.9. The first kappa shape index (κ1) is 22.1. The number of piperazine rings is 1. The molecule has 10 heteroatoms. The number of hydrogen-bond donors (Lipinski definition) is 0. The van der Waals surface area contributed by atoms with Crippen molar-refractivity contribution in [3.05, 3.63) is 81.8 Å². The Bertz CT molecular complexity index is 1470. The molecule has 2 aliphatic rings. The Morgan fingerprint density at radius 2 is 1.86 bits per heavy atom. The van der Waals surface area contributed by atoms with E-state index in [1.807, 2.05) is 42.2 Å². The molecule has 1 aromatic carbocycles. The van der Waals surface area contributed by atoms with Crippen molar-refractivity contribution in [2.75, 3.05) is 31.1 Å². The van der Waals surface area contributed by atoms with Gasteiger partial charge in [0.25, 0.3) is 11.6 Å². The van der Waals surface area contributed by atoms with Crippen LogP contribution in [0.15, 0.2) is 54.7 Å². The first-order valence-electron chi connectivity index (χ1n) is 12.1. The number of non-ortho nitro benzene ring substituents is 1. The lowest BCUT2D eigenvalue weighted by Crippen LogP contribution is -2.48. The summed E-state index contributed by atoms with van der Waals surface area (Å²) in [6, 6.07) is 14.2. The molecule has 10 nitrogen and oxygen atoms in total. The van der Waals surface area contributed by atoms with E-state index in [1.165, 1.54) is 6.07 Å². The molecule has 0 radical (unpaired) electrons.